The normalized spacial score (nSPS) is 20.1. The van der Waals surface area contributed by atoms with E-state index in [1.165, 1.54) is 48.8 Å². The number of carbonyl (C=O) groups is 1. The van der Waals surface area contributed by atoms with Crippen molar-refractivity contribution in [2.45, 2.75) is 110 Å². The quantitative estimate of drug-likeness (QED) is 0.222. The summed E-state index contributed by atoms with van der Waals surface area (Å²) >= 11 is 0. The van der Waals surface area contributed by atoms with Gasteiger partial charge in [0, 0.05) is 12.0 Å². The molecule has 1 aliphatic carbocycles. The molecule has 0 saturated heterocycles. The van der Waals surface area contributed by atoms with Crippen LogP contribution in [0.15, 0.2) is 48.5 Å². The van der Waals surface area contributed by atoms with Crippen molar-refractivity contribution < 1.29 is 4.79 Å². The molecule has 0 heterocycles. The largest absolute Gasteiger partial charge is 0.294 e. The third-order valence-electron chi connectivity index (χ3n) is 7.84. The van der Waals surface area contributed by atoms with E-state index in [1.54, 1.807) is 0 Å². The summed E-state index contributed by atoms with van der Waals surface area (Å²) in [7, 11) is 0. The first-order valence-corrected chi connectivity index (χ1v) is 13.8. The maximum Gasteiger partial charge on any atom is 0.162 e. The van der Waals surface area contributed by atoms with Crippen molar-refractivity contribution in [3.05, 3.63) is 59.7 Å². The van der Waals surface area contributed by atoms with Crippen molar-refractivity contribution in [3.63, 3.8) is 0 Å². The number of ketones is 1. The van der Waals surface area contributed by atoms with Gasteiger partial charge in [0.1, 0.15) is 0 Å². The molecular weight excluding hydrogens is 414 g/mol. The SMILES string of the molecule is CCCCCCCC1(C#N)CCC(c2cc(C(=O)CCCCC)ccc2-c2ccccc2)CC1. The highest BCUT2D eigenvalue weighted by Crippen LogP contribution is 2.47. The fourth-order valence-corrected chi connectivity index (χ4v) is 5.60. The fraction of sp³-hybridized carbons (Fsp3) is 0.562. The summed E-state index contributed by atoms with van der Waals surface area (Å²) in [5, 5.41) is 10.1. The van der Waals surface area contributed by atoms with Crippen LogP contribution in [0.25, 0.3) is 11.1 Å². The van der Waals surface area contributed by atoms with E-state index in [2.05, 4.69) is 62.4 Å². The molecule has 0 N–H and O–H groups in total. The molecule has 0 aliphatic heterocycles. The summed E-state index contributed by atoms with van der Waals surface area (Å²) in [4.78, 5) is 12.9. The Bertz CT molecular complexity index is 931. The average molecular weight is 458 g/mol. The van der Waals surface area contributed by atoms with Crippen LogP contribution in [0.5, 0.6) is 0 Å². The van der Waals surface area contributed by atoms with E-state index >= 15 is 0 Å². The Kier molecular flexibility index (Phi) is 10.4. The Morgan fingerprint density at radius 2 is 1.59 bits per heavy atom. The molecule has 2 aromatic rings. The monoisotopic (exact) mass is 457 g/mol. The van der Waals surface area contributed by atoms with Crippen LogP contribution in [0.2, 0.25) is 0 Å². The first-order valence-electron chi connectivity index (χ1n) is 13.8. The van der Waals surface area contributed by atoms with Gasteiger partial charge in [-0.1, -0.05) is 101 Å². The molecule has 34 heavy (non-hydrogen) atoms. The number of nitriles is 1. The van der Waals surface area contributed by atoms with E-state index in [1.807, 2.05) is 6.07 Å². The molecular formula is C32H43NO. The van der Waals surface area contributed by atoms with Crippen molar-refractivity contribution in [3.8, 4) is 17.2 Å². The van der Waals surface area contributed by atoms with Gasteiger partial charge in [0.15, 0.2) is 5.78 Å². The Balaban J connectivity index is 1.77. The molecule has 2 heteroatoms. The van der Waals surface area contributed by atoms with E-state index < -0.39 is 0 Å². The number of carbonyl (C=O) groups excluding carboxylic acids is 1. The number of hydrogen-bond acceptors (Lipinski definition) is 2. The van der Waals surface area contributed by atoms with Gasteiger partial charge in [-0.15, -0.1) is 0 Å². The maximum atomic E-state index is 12.9. The third kappa shape index (κ3) is 7.05. The molecule has 0 spiro atoms. The molecule has 1 aliphatic rings. The number of rotatable bonds is 13. The van der Waals surface area contributed by atoms with Gasteiger partial charge in [0.25, 0.3) is 0 Å². The Hall–Kier alpha value is -2.40. The number of benzene rings is 2. The van der Waals surface area contributed by atoms with Gasteiger partial charge in [-0.05, 0) is 67.2 Å². The second-order valence-electron chi connectivity index (χ2n) is 10.4. The topological polar surface area (TPSA) is 40.9 Å². The maximum absolute atomic E-state index is 12.9. The Morgan fingerprint density at radius 1 is 0.912 bits per heavy atom. The zero-order valence-corrected chi connectivity index (χ0v) is 21.5. The molecule has 3 rings (SSSR count). The minimum atomic E-state index is -0.150. The summed E-state index contributed by atoms with van der Waals surface area (Å²) in [6.45, 7) is 4.42. The molecule has 0 atom stereocenters. The molecule has 0 radical (unpaired) electrons. The summed E-state index contributed by atoms with van der Waals surface area (Å²) in [6.07, 6.45) is 15.2. The minimum Gasteiger partial charge on any atom is -0.294 e. The second-order valence-corrected chi connectivity index (χ2v) is 10.4. The molecule has 182 valence electrons. The van der Waals surface area contributed by atoms with Gasteiger partial charge in [0.05, 0.1) is 11.5 Å². The van der Waals surface area contributed by atoms with Crippen LogP contribution < -0.4 is 0 Å². The van der Waals surface area contributed by atoms with Crippen LogP contribution in [0.1, 0.15) is 126 Å². The predicted molar refractivity (Wildman–Crippen MR) is 143 cm³/mol. The molecule has 0 bridgehead atoms. The molecule has 0 amide bonds. The van der Waals surface area contributed by atoms with Crippen LogP contribution in [-0.2, 0) is 0 Å². The highest BCUT2D eigenvalue weighted by atomic mass is 16.1. The molecule has 1 fully saturated rings. The zero-order chi connectivity index (χ0) is 24.2. The van der Waals surface area contributed by atoms with E-state index in [9.17, 15) is 10.1 Å². The molecule has 1 saturated carbocycles. The summed E-state index contributed by atoms with van der Waals surface area (Å²) in [5.41, 5.74) is 4.49. The molecule has 2 nitrogen and oxygen atoms in total. The number of Topliss-reactive ketones (excluding diaryl/α,β-unsaturated/α-hetero) is 1. The van der Waals surface area contributed by atoms with Gasteiger partial charge in [0.2, 0.25) is 0 Å². The van der Waals surface area contributed by atoms with Crippen LogP contribution in [0, 0.1) is 16.7 Å². The predicted octanol–water partition coefficient (Wildman–Crippen LogP) is 9.64. The van der Waals surface area contributed by atoms with Crippen LogP contribution in [-0.4, -0.2) is 5.78 Å². The zero-order valence-electron chi connectivity index (χ0n) is 21.5. The number of hydrogen-bond donors (Lipinski definition) is 0. The highest BCUT2D eigenvalue weighted by Gasteiger charge is 2.36. The highest BCUT2D eigenvalue weighted by molar-refractivity contribution is 5.97. The summed E-state index contributed by atoms with van der Waals surface area (Å²) < 4.78 is 0. The van der Waals surface area contributed by atoms with Crippen molar-refractivity contribution in [1.82, 2.24) is 0 Å². The second kappa shape index (κ2) is 13.5. The van der Waals surface area contributed by atoms with Crippen molar-refractivity contribution in [2.75, 3.05) is 0 Å². The first kappa shape index (κ1) is 26.2. The van der Waals surface area contributed by atoms with Crippen molar-refractivity contribution in [1.29, 1.82) is 5.26 Å². The Morgan fingerprint density at radius 3 is 2.26 bits per heavy atom. The van der Waals surface area contributed by atoms with E-state index in [4.69, 9.17) is 0 Å². The molecule has 0 aromatic heterocycles. The number of nitrogens with zero attached hydrogens (tertiary/aromatic N) is 1. The summed E-state index contributed by atoms with van der Waals surface area (Å²) in [5.74, 6) is 0.684. The lowest BCUT2D eigenvalue weighted by Gasteiger charge is -2.36. The lowest BCUT2D eigenvalue weighted by atomic mass is 9.66. The van der Waals surface area contributed by atoms with Crippen LogP contribution in [0.4, 0.5) is 0 Å². The third-order valence-corrected chi connectivity index (χ3v) is 7.84. The van der Waals surface area contributed by atoms with Gasteiger partial charge in [-0.25, -0.2) is 0 Å². The van der Waals surface area contributed by atoms with Gasteiger partial charge >= 0.3 is 0 Å². The molecule has 0 unspecified atom stereocenters. The number of unbranched alkanes of at least 4 members (excludes halogenated alkanes) is 6. The van der Waals surface area contributed by atoms with E-state index in [0.29, 0.717) is 12.3 Å². The molecule has 2 aromatic carbocycles. The van der Waals surface area contributed by atoms with Crippen molar-refractivity contribution in [2.24, 2.45) is 5.41 Å². The van der Waals surface area contributed by atoms with Crippen molar-refractivity contribution >= 4 is 5.78 Å². The smallest absolute Gasteiger partial charge is 0.162 e. The van der Waals surface area contributed by atoms with E-state index in [0.717, 1.165) is 56.9 Å². The van der Waals surface area contributed by atoms with Gasteiger partial charge in [-0.2, -0.15) is 5.26 Å². The lowest BCUT2D eigenvalue weighted by molar-refractivity contribution is 0.0979. The van der Waals surface area contributed by atoms with Crippen LogP contribution in [0.3, 0.4) is 0 Å². The van der Waals surface area contributed by atoms with Gasteiger partial charge in [-0.3, -0.25) is 4.79 Å². The minimum absolute atomic E-state index is 0.150. The Labute approximate surface area is 207 Å². The standard InChI is InChI=1S/C32H43NO/c1-3-5-7-8-13-21-32(25-33)22-19-27(20-23-32)30-24-28(31(34)16-10-6-4-2)17-18-29(30)26-14-11-9-12-15-26/h9,11-12,14-15,17-18,24,27H,3-8,10,13,16,19-23H2,1-2H3. The lowest BCUT2D eigenvalue weighted by Crippen LogP contribution is -2.25. The van der Waals surface area contributed by atoms with Crippen LogP contribution >= 0.6 is 0 Å². The average Bonchev–Trinajstić information content (AvgIpc) is 2.89. The van der Waals surface area contributed by atoms with Gasteiger partial charge < -0.3 is 0 Å². The summed E-state index contributed by atoms with van der Waals surface area (Å²) in [6, 6.07) is 19.7. The first-order chi connectivity index (χ1) is 16.6. The fourth-order valence-electron chi connectivity index (χ4n) is 5.60. The van der Waals surface area contributed by atoms with E-state index in [-0.39, 0.29) is 11.2 Å².